The molecule has 0 radical (unpaired) electrons. The number of aromatic nitrogens is 1. The minimum Gasteiger partial charge on any atom is -0.495 e. The average Bonchev–Trinajstić information content (AvgIpc) is 2.46. The van der Waals surface area contributed by atoms with Gasteiger partial charge in [0.15, 0.2) is 0 Å². The summed E-state index contributed by atoms with van der Waals surface area (Å²) in [6, 6.07) is 1.91. The molecule has 0 unspecified atom stereocenters. The minimum atomic E-state index is 0.305. The third kappa shape index (κ3) is 1.02. The van der Waals surface area contributed by atoms with Crippen LogP contribution in [0.1, 0.15) is 12.1 Å². The number of Topliss-reactive ketones (excluding diaryl/α,β-unsaturated/α-hetero) is 1. The minimum absolute atomic E-state index is 0.305. The van der Waals surface area contributed by atoms with Gasteiger partial charge in [0.1, 0.15) is 11.5 Å². The molecule has 3 nitrogen and oxygen atoms in total. The Kier molecular flexibility index (Phi) is 1.64. The van der Waals surface area contributed by atoms with Gasteiger partial charge in [0.2, 0.25) is 0 Å². The maximum Gasteiger partial charge on any atom is 0.140 e. The van der Waals surface area contributed by atoms with Gasteiger partial charge < -0.3 is 9.30 Å². The molecule has 0 saturated heterocycles. The van der Waals surface area contributed by atoms with Gasteiger partial charge in [-0.1, -0.05) is 0 Å². The zero-order valence-electron chi connectivity index (χ0n) is 7.04. The Labute approximate surface area is 70.9 Å². The van der Waals surface area contributed by atoms with Crippen molar-refractivity contribution in [3.8, 4) is 5.75 Å². The van der Waals surface area contributed by atoms with E-state index in [2.05, 4.69) is 4.57 Å². The highest BCUT2D eigenvalue weighted by molar-refractivity contribution is 5.82. The quantitative estimate of drug-likeness (QED) is 0.622. The highest BCUT2D eigenvalue weighted by Crippen LogP contribution is 2.24. The van der Waals surface area contributed by atoms with Crippen molar-refractivity contribution < 1.29 is 9.53 Å². The Morgan fingerprint density at radius 3 is 3.17 bits per heavy atom. The molecule has 0 aromatic carbocycles. The fourth-order valence-electron chi connectivity index (χ4n) is 1.59. The first-order valence-electron chi connectivity index (χ1n) is 4.05. The smallest absolute Gasteiger partial charge is 0.140 e. The Bertz CT molecular complexity index is 301. The molecule has 0 fully saturated rings. The van der Waals surface area contributed by atoms with E-state index in [0.29, 0.717) is 18.6 Å². The van der Waals surface area contributed by atoms with E-state index < -0.39 is 0 Å². The van der Waals surface area contributed by atoms with Crippen molar-refractivity contribution in [1.29, 1.82) is 0 Å². The number of methoxy groups -OCH3 is 1. The molecular weight excluding hydrogens is 154 g/mol. The fraction of sp³-hybridized carbons (Fsp3) is 0.444. The van der Waals surface area contributed by atoms with Crippen LogP contribution in [-0.4, -0.2) is 17.5 Å². The number of ketones is 1. The number of aryl methyl sites for hydroxylation is 1. The largest absolute Gasteiger partial charge is 0.495 e. The normalized spacial score (nSPS) is 15.9. The molecule has 1 aliphatic heterocycles. The molecule has 2 heterocycles. The second-order valence-electron chi connectivity index (χ2n) is 2.99. The SMILES string of the molecule is COc1ccn2c1CC(=O)CC2. The lowest BCUT2D eigenvalue weighted by molar-refractivity contribution is -0.119. The zero-order chi connectivity index (χ0) is 8.55. The molecule has 0 aliphatic carbocycles. The number of ether oxygens (including phenoxy) is 1. The van der Waals surface area contributed by atoms with E-state index >= 15 is 0 Å². The van der Waals surface area contributed by atoms with E-state index in [1.165, 1.54) is 0 Å². The van der Waals surface area contributed by atoms with E-state index in [1.807, 2.05) is 12.3 Å². The van der Waals surface area contributed by atoms with Gasteiger partial charge in [0, 0.05) is 19.2 Å². The topological polar surface area (TPSA) is 31.2 Å². The van der Waals surface area contributed by atoms with Crippen LogP contribution in [0.15, 0.2) is 12.3 Å². The van der Waals surface area contributed by atoms with Gasteiger partial charge in [0.05, 0.1) is 19.2 Å². The van der Waals surface area contributed by atoms with Crippen molar-refractivity contribution >= 4 is 5.78 Å². The summed E-state index contributed by atoms with van der Waals surface area (Å²) in [7, 11) is 1.63. The molecule has 0 N–H and O–H groups in total. The third-order valence-electron chi connectivity index (χ3n) is 2.25. The van der Waals surface area contributed by atoms with E-state index in [4.69, 9.17) is 4.74 Å². The van der Waals surface area contributed by atoms with Crippen molar-refractivity contribution in [3.63, 3.8) is 0 Å². The second kappa shape index (κ2) is 2.66. The van der Waals surface area contributed by atoms with Crippen molar-refractivity contribution in [2.24, 2.45) is 0 Å². The summed E-state index contributed by atoms with van der Waals surface area (Å²) < 4.78 is 7.21. The van der Waals surface area contributed by atoms with Crippen LogP contribution < -0.4 is 4.74 Å². The van der Waals surface area contributed by atoms with Gasteiger partial charge in [0.25, 0.3) is 0 Å². The molecule has 0 spiro atoms. The first kappa shape index (κ1) is 7.40. The Balaban J connectivity index is 2.40. The van der Waals surface area contributed by atoms with Crippen LogP contribution in [0.2, 0.25) is 0 Å². The second-order valence-corrected chi connectivity index (χ2v) is 2.99. The van der Waals surface area contributed by atoms with Crippen molar-refractivity contribution in [3.05, 3.63) is 18.0 Å². The summed E-state index contributed by atoms with van der Waals surface area (Å²) in [4.78, 5) is 11.1. The van der Waals surface area contributed by atoms with Gasteiger partial charge in [-0.15, -0.1) is 0 Å². The predicted molar refractivity (Wildman–Crippen MR) is 44.3 cm³/mol. The average molecular weight is 165 g/mol. The molecule has 0 amide bonds. The monoisotopic (exact) mass is 165 g/mol. The highest BCUT2D eigenvalue weighted by atomic mass is 16.5. The summed E-state index contributed by atoms with van der Waals surface area (Å²) >= 11 is 0. The van der Waals surface area contributed by atoms with Crippen molar-refractivity contribution in [1.82, 2.24) is 4.57 Å². The Morgan fingerprint density at radius 1 is 1.58 bits per heavy atom. The van der Waals surface area contributed by atoms with Crippen molar-refractivity contribution in [2.45, 2.75) is 19.4 Å². The van der Waals surface area contributed by atoms with Crippen LogP contribution in [0.4, 0.5) is 0 Å². The summed E-state index contributed by atoms with van der Waals surface area (Å²) in [5, 5.41) is 0. The van der Waals surface area contributed by atoms with E-state index in [-0.39, 0.29) is 0 Å². The zero-order valence-corrected chi connectivity index (χ0v) is 7.04. The molecule has 1 aromatic heterocycles. The van der Waals surface area contributed by atoms with Crippen molar-refractivity contribution in [2.75, 3.05) is 7.11 Å². The molecule has 1 aliphatic rings. The lowest BCUT2D eigenvalue weighted by atomic mass is 10.1. The van der Waals surface area contributed by atoms with Crippen LogP contribution >= 0.6 is 0 Å². The maximum atomic E-state index is 11.1. The fourth-order valence-corrected chi connectivity index (χ4v) is 1.59. The summed E-state index contributed by atoms with van der Waals surface area (Å²) in [5.74, 6) is 1.14. The van der Waals surface area contributed by atoms with Gasteiger partial charge in [-0.3, -0.25) is 4.79 Å². The van der Waals surface area contributed by atoms with Crippen LogP contribution in [0.3, 0.4) is 0 Å². The van der Waals surface area contributed by atoms with Gasteiger partial charge in [-0.25, -0.2) is 0 Å². The standard InChI is InChI=1S/C9H11NO2/c1-12-9-3-5-10-4-2-7(11)6-8(9)10/h3,5H,2,4,6H2,1H3. The molecule has 64 valence electrons. The third-order valence-corrected chi connectivity index (χ3v) is 2.25. The van der Waals surface area contributed by atoms with Crippen LogP contribution in [-0.2, 0) is 17.8 Å². The Morgan fingerprint density at radius 2 is 2.42 bits per heavy atom. The Hall–Kier alpha value is -1.25. The van der Waals surface area contributed by atoms with Crippen LogP contribution in [0, 0.1) is 0 Å². The molecule has 1 aromatic rings. The number of carbonyl (C=O) groups is 1. The number of fused-ring (bicyclic) bond motifs is 1. The molecule has 3 heteroatoms. The molecule has 0 bridgehead atoms. The summed E-state index contributed by atoms with van der Waals surface area (Å²) in [6.45, 7) is 0.803. The van der Waals surface area contributed by atoms with Gasteiger partial charge >= 0.3 is 0 Å². The van der Waals surface area contributed by atoms with Crippen LogP contribution in [0.25, 0.3) is 0 Å². The van der Waals surface area contributed by atoms with Gasteiger partial charge in [-0.2, -0.15) is 0 Å². The molecule has 0 atom stereocenters. The summed E-state index contributed by atoms with van der Waals surface area (Å²) in [6.07, 6.45) is 3.15. The molecule has 12 heavy (non-hydrogen) atoms. The predicted octanol–water partition coefficient (Wildman–Crippen LogP) is 1.01. The van der Waals surface area contributed by atoms with E-state index in [0.717, 1.165) is 18.0 Å². The summed E-state index contributed by atoms with van der Waals surface area (Å²) in [5.41, 5.74) is 1.02. The molecule has 0 saturated carbocycles. The molecular formula is C9H11NO2. The number of nitrogens with zero attached hydrogens (tertiary/aromatic N) is 1. The van der Waals surface area contributed by atoms with E-state index in [1.54, 1.807) is 7.11 Å². The van der Waals surface area contributed by atoms with Gasteiger partial charge in [-0.05, 0) is 6.07 Å². The molecule has 2 rings (SSSR count). The lowest BCUT2D eigenvalue weighted by Gasteiger charge is -2.14. The highest BCUT2D eigenvalue weighted by Gasteiger charge is 2.18. The number of carbonyl (C=O) groups excluding carboxylic acids is 1. The lowest BCUT2D eigenvalue weighted by Crippen LogP contribution is -2.18. The maximum absolute atomic E-state index is 11.1. The number of rotatable bonds is 1. The first-order chi connectivity index (χ1) is 5.81. The number of hydrogen-bond acceptors (Lipinski definition) is 2. The number of hydrogen-bond donors (Lipinski definition) is 0. The van der Waals surface area contributed by atoms with Crippen LogP contribution in [0.5, 0.6) is 5.75 Å². The van der Waals surface area contributed by atoms with E-state index in [9.17, 15) is 4.79 Å². The first-order valence-corrected chi connectivity index (χ1v) is 4.05.